The fraction of sp³-hybridized carbons (Fsp3) is 0.231. The van der Waals surface area contributed by atoms with Crippen molar-refractivity contribution in [2.24, 2.45) is 0 Å². The van der Waals surface area contributed by atoms with E-state index in [1.165, 1.54) is 10.9 Å². The molecule has 88 valence electrons. The van der Waals surface area contributed by atoms with Gasteiger partial charge in [0.2, 0.25) is 5.78 Å². The molecule has 17 heavy (non-hydrogen) atoms. The Kier molecular flexibility index (Phi) is 2.95. The summed E-state index contributed by atoms with van der Waals surface area (Å²) >= 11 is 0. The molecular weight excluding hydrogens is 216 g/mol. The molecule has 0 fully saturated rings. The zero-order chi connectivity index (χ0) is 12.4. The van der Waals surface area contributed by atoms with Gasteiger partial charge in [-0.15, -0.1) is 0 Å². The number of carbonyl (C=O) groups excluding carboxylic acids is 1. The summed E-state index contributed by atoms with van der Waals surface area (Å²) < 4.78 is 1.50. The van der Waals surface area contributed by atoms with Crippen LogP contribution in [0, 0.1) is 6.92 Å². The minimum Gasteiger partial charge on any atom is -0.504 e. The van der Waals surface area contributed by atoms with Gasteiger partial charge in [-0.05, 0) is 13.8 Å². The van der Waals surface area contributed by atoms with E-state index in [1.54, 1.807) is 12.1 Å². The first kappa shape index (κ1) is 11.4. The highest BCUT2D eigenvalue weighted by Crippen LogP contribution is 2.20. The van der Waals surface area contributed by atoms with Crippen LogP contribution in [-0.4, -0.2) is 20.7 Å². The van der Waals surface area contributed by atoms with Gasteiger partial charge in [0.15, 0.2) is 11.4 Å². The van der Waals surface area contributed by atoms with E-state index < -0.39 is 0 Å². The maximum Gasteiger partial charge on any atom is 0.214 e. The molecule has 0 atom stereocenters. The van der Waals surface area contributed by atoms with Gasteiger partial charge in [-0.25, -0.2) is 0 Å². The van der Waals surface area contributed by atoms with Crippen molar-refractivity contribution in [2.45, 2.75) is 20.4 Å². The van der Waals surface area contributed by atoms with Crippen molar-refractivity contribution in [3.05, 3.63) is 47.3 Å². The summed E-state index contributed by atoms with van der Waals surface area (Å²) in [6, 6.07) is 7.25. The standard InChI is InChI=1S/C13H14N2O2/c1-3-15-12(11(16)8-14-15)13(17)10-6-4-9(2)5-7-10/h4-8,16H,3H2,1-2H3. The molecule has 0 saturated heterocycles. The molecular formula is C13H14N2O2. The largest absolute Gasteiger partial charge is 0.504 e. The Hall–Kier alpha value is -2.10. The van der Waals surface area contributed by atoms with E-state index in [0.717, 1.165) is 5.56 Å². The number of rotatable bonds is 3. The minimum absolute atomic E-state index is 0.0718. The van der Waals surface area contributed by atoms with Crippen molar-refractivity contribution < 1.29 is 9.90 Å². The molecule has 0 radical (unpaired) electrons. The highest BCUT2D eigenvalue weighted by atomic mass is 16.3. The smallest absolute Gasteiger partial charge is 0.214 e. The maximum absolute atomic E-state index is 12.2. The normalized spacial score (nSPS) is 10.5. The molecule has 0 bridgehead atoms. The quantitative estimate of drug-likeness (QED) is 0.822. The van der Waals surface area contributed by atoms with Gasteiger partial charge >= 0.3 is 0 Å². The number of hydrogen-bond acceptors (Lipinski definition) is 3. The minimum atomic E-state index is -0.207. The number of nitrogens with zero attached hydrogens (tertiary/aromatic N) is 2. The summed E-state index contributed by atoms with van der Waals surface area (Å²) in [6.07, 6.45) is 1.30. The topological polar surface area (TPSA) is 55.1 Å². The molecule has 0 amide bonds. The van der Waals surface area contributed by atoms with Crippen LogP contribution in [0.25, 0.3) is 0 Å². The number of carbonyl (C=O) groups is 1. The Bertz CT molecular complexity index is 541. The fourth-order valence-corrected chi connectivity index (χ4v) is 1.69. The van der Waals surface area contributed by atoms with E-state index in [0.29, 0.717) is 12.1 Å². The van der Waals surface area contributed by atoms with Crippen molar-refractivity contribution in [1.29, 1.82) is 0 Å². The van der Waals surface area contributed by atoms with Crippen LogP contribution in [-0.2, 0) is 6.54 Å². The number of aromatic hydroxyl groups is 1. The third-order valence-electron chi connectivity index (χ3n) is 2.65. The van der Waals surface area contributed by atoms with Gasteiger partial charge in [-0.3, -0.25) is 9.48 Å². The van der Waals surface area contributed by atoms with E-state index in [2.05, 4.69) is 5.10 Å². The molecule has 0 saturated carbocycles. The molecule has 4 heteroatoms. The van der Waals surface area contributed by atoms with Gasteiger partial charge in [0, 0.05) is 12.1 Å². The summed E-state index contributed by atoms with van der Waals surface area (Å²) in [5.41, 5.74) is 1.90. The van der Waals surface area contributed by atoms with E-state index in [9.17, 15) is 9.90 Å². The van der Waals surface area contributed by atoms with Crippen LogP contribution in [0.15, 0.2) is 30.5 Å². The Balaban J connectivity index is 2.43. The molecule has 0 aliphatic heterocycles. The van der Waals surface area contributed by atoms with Crippen LogP contribution < -0.4 is 0 Å². The highest BCUT2D eigenvalue weighted by Gasteiger charge is 2.18. The summed E-state index contributed by atoms with van der Waals surface area (Å²) in [6.45, 7) is 4.38. The lowest BCUT2D eigenvalue weighted by Crippen LogP contribution is -2.10. The Morgan fingerprint density at radius 2 is 2.00 bits per heavy atom. The lowest BCUT2D eigenvalue weighted by molar-refractivity contribution is 0.102. The van der Waals surface area contributed by atoms with Crippen molar-refractivity contribution >= 4 is 5.78 Å². The molecule has 0 aliphatic carbocycles. The van der Waals surface area contributed by atoms with Gasteiger partial charge in [0.05, 0.1) is 6.20 Å². The molecule has 0 aliphatic rings. The second kappa shape index (κ2) is 4.41. The lowest BCUT2D eigenvalue weighted by atomic mass is 10.1. The van der Waals surface area contributed by atoms with Crippen LogP contribution in [0.2, 0.25) is 0 Å². The van der Waals surface area contributed by atoms with Gasteiger partial charge in [0.1, 0.15) is 0 Å². The van der Waals surface area contributed by atoms with Crippen LogP contribution in [0.3, 0.4) is 0 Å². The van der Waals surface area contributed by atoms with Crippen molar-refractivity contribution in [1.82, 2.24) is 9.78 Å². The van der Waals surface area contributed by atoms with Crippen molar-refractivity contribution in [3.8, 4) is 5.75 Å². The number of aryl methyl sites for hydroxylation is 2. The van der Waals surface area contributed by atoms with E-state index >= 15 is 0 Å². The summed E-state index contributed by atoms with van der Waals surface area (Å²) in [7, 11) is 0. The molecule has 1 heterocycles. The summed E-state index contributed by atoms with van der Waals surface area (Å²) in [4.78, 5) is 12.2. The van der Waals surface area contributed by atoms with E-state index in [1.807, 2.05) is 26.0 Å². The van der Waals surface area contributed by atoms with Gasteiger partial charge in [-0.1, -0.05) is 29.8 Å². The Morgan fingerprint density at radius 3 is 2.59 bits per heavy atom. The van der Waals surface area contributed by atoms with Crippen molar-refractivity contribution in [2.75, 3.05) is 0 Å². The first-order chi connectivity index (χ1) is 8.13. The molecule has 1 N–H and O–H groups in total. The van der Waals surface area contributed by atoms with E-state index in [4.69, 9.17) is 0 Å². The first-order valence-electron chi connectivity index (χ1n) is 5.49. The van der Waals surface area contributed by atoms with Crippen molar-refractivity contribution in [3.63, 3.8) is 0 Å². The average Bonchev–Trinajstić information content (AvgIpc) is 2.70. The second-order valence-corrected chi connectivity index (χ2v) is 3.89. The fourth-order valence-electron chi connectivity index (χ4n) is 1.69. The van der Waals surface area contributed by atoms with Gasteiger partial charge < -0.3 is 5.11 Å². The monoisotopic (exact) mass is 230 g/mol. The molecule has 2 aromatic rings. The average molecular weight is 230 g/mol. The molecule has 0 spiro atoms. The predicted octanol–water partition coefficient (Wildman–Crippen LogP) is 2.15. The molecule has 4 nitrogen and oxygen atoms in total. The second-order valence-electron chi connectivity index (χ2n) is 3.89. The highest BCUT2D eigenvalue weighted by molar-refractivity contribution is 6.09. The Labute approximate surface area is 99.5 Å². The number of hydrogen-bond donors (Lipinski definition) is 1. The molecule has 0 unspecified atom stereocenters. The zero-order valence-corrected chi connectivity index (χ0v) is 9.84. The third-order valence-corrected chi connectivity index (χ3v) is 2.65. The van der Waals surface area contributed by atoms with Gasteiger partial charge in [-0.2, -0.15) is 5.10 Å². The van der Waals surface area contributed by atoms with Gasteiger partial charge in [0.25, 0.3) is 0 Å². The number of benzene rings is 1. The summed E-state index contributed by atoms with van der Waals surface area (Å²) in [5.74, 6) is -0.278. The molecule has 1 aromatic carbocycles. The lowest BCUT2D eigenvalue weighted by Gasteiger charge is -2.04. The first-order valence-corrected chi connectivity index (χ1v) is 5.49. The number of aromatic nitrogens is 2. The predicted molar refractivity (Wildman–Crippen MR) is 64.2 cm³/mol. The van der Waals surface area contributed by atoms with Crippen LogP contribution >= 0.6 is 0 Å². The van der Waals surface area contributed by atoms with E-state index in [-0.39, 0.29) is 17.2 Å². The third kappa shape index (κ3) is 2.06. The van der Waals surface area contributed by atoms with Crippen LogP contribution in [0.4, 0.5) is 0 Å². The number of ketones is 1. The SMILES string of the molecule is CCn1ncc(O)c1C(=O)c1ccc(C)cc1. The Morgan fingerprint density at radius 1 is 1.35 bits per heavy atom. The molecule has 2 rings (SSSR count). The summed E-state index contributed by atoms with van der Waals surface area (Å²) in [5, 5.41) is 13.6. The van der Waals surface area contributed by atoms with Crippen LogP contribution in [0.5, 0.6) is 5.75 Å². The maximum atomic E-state index is 12.2. The van der Waals surface area contributed by atoms with Crippen LogP contribution in [0.1, 0.15) is 28.5 Å². The zero-order valence-electron chi connectivity index (χ0n) is 9.84. The molecule has 1 aromatic heterocycles.